The Balaban J connectivity index is 1.75. The summed E-state index contributed by atoms with van der Waals surface area (Å²) in [5, 5.41) is 0. The standard InChI is InChI=1S/C22H34F2N2O3S/c1-6-29-13-20-12-22(23,24)14-26(20)19-7-9-25(10-8-19)30(27,28)21-17(4)15(2)11-16(3)18(21)5/h11,19-20H,6-10,12-14H2,1-5H3/t20-/m0/s1. The molecule has 0 aliphatic carbocycles. The Morgan fingerprint density at radius 1 is 1.10 bits per heavy atom. The average molecular weight is 445 g/mol. The highest BCUT2D eigenvalue weighted by molar-refractivity contribution is 7.89. The van der Waals surface area contributed by atoms with Crippen LogP contribution in [0.15, 0.2) is 11.0 Å². The highest BCUT2D eigenvalue weighted by Crippen LogP contribution is 2.37. The molecule has 30 heavy (non-hydrogen) atoms. The average Bonchev–Trinajstić information content (AvgIpc) is 2.99. The number of alkyl halides is 2. The fourth-order valence-corrected chi connectivity index (χ4v) is 6.91. The third-order valence-corrected chi connectivity index (χ3v) is 8.89. The van der Waals surface area contributed by atoms with Crippen LogP contribution in [0.25, 0.3) is 0 Å². The van der Waals surface area contributed by atoms with Crippen molar-refractivity contribution in [3.8, 4) is 0 Å². The van der Waals surface area contributed by atoms with Gasteiger partial charge in [-0.2, -0.15) is 4.31 Å². The van der Waals surface area contributed by atoms with Gasteiger partial charge in [-0.15, -0.1) is 0 Å². The van der Waals surface area contributed by atoms with Crippen molar-refractivity contribution in [1.82, 2.24) is 9.21 Å². The number of benzene rings is 1. The van der Waals surface area contributed by atoms with Crippen molar-refractivity contribution in [1.29, 1.82) is 0 Å². The van der Waals surface area contributed by atoms with Crippen LogP contribution < -0.4 is 0 Å². The Labute approximate surface area is 179 Å². The maximum atomic E-state index is 14.1. The maximum absolute atomic E-state index is 14.1. The lowest BCUT2D eigenvalue weighted by Gasteiger charge is -2.38. The minimum atomic E-state index is -3.62. The molecule has 0 bridgehead atoms. The van der Waals surface area contributed by atoms with Crippen LogP contribution in [-0.2, 0) is 14.8 Å². The molecule has 0 saturated carbocycles. The highest BCUT2D eigenvalue weighted by atomic mass is 32.2. The van der Waals surface area contributed by atoms with Gasteiger partial charge in [0.2, 0.25) is 10.0 Å². The molecule has 3 rings (SSSR count). The molecule has 2 saturated heterocycles. The topological polar surface area (TPSA) is 49.9 Å². The van der Waals surface area contributed by atoms with E-state index in [2.05, 4.69) is 0 Å². The van der Waals surface area contributed by atoms with E-state index >= 15 is 0 Å². The SMILES string of the molecule is CCOC[C@@H]1CC(F)(F)CN1C1CCN(S(=O)(=O)c2c(C)c(C)cc(C)c2C)CC1. The molecule has 1 aromatic carbocycles. The van der Waals surface area contributed by atoms with E-state index in [4.69, 9.17) is 4.74 Å². The maximum Gasteiger partial charge on any atom is 0.262 e. The van der Waals surface area contributed by atoms with Crippen molar-refractivity contribution < 1.29 is 21.9 Å². The summed E-state index contributed by atoms with van der Waals surface area (Å²) in [5.41, 5.74) is 3.50. The molecule has 0 aromatic heterocycles. The molecule has 2 aliphatic heterocycles. The van der Waals surface area contributed by atoms with Crippen LogP contribution >= 0.6 is 0 Å². The summed E-state index contributed by atoms with van der Waals surface area (Å²) in [5.74, 6) is -2.71. The number of likely N-dealkylation sites (tertiary alicyclic amines) is 1. The predicted molar refractivity (Wildman–Crippen MR) is 114 cm³/mol. The summed E-state index contributed by atoms with van der Waals surface area (Å²) in [4.78, 5) is 2.26. The van der Waals surface area contributed by atoms with Crippen molar-refractivity contribution >= 4 is 10.0 Å². The summed E-state index contributed by atoms with van der Waals surface area (Å²) in [6, 6.07) is 1.66. The molecule has 2 aliphatic rings. The van der Waals surface area contributed by atoms with Gasteiger partial charge < -0.3 is 4.74 Å². The van der Waals surface area contributed by atoms with Crippen molar-refractivity contribution in [2.45, 2.75) is 76.8 Å². The molecule has 170 valence electrons. The summed E-state index contributed by atoms with van der Waals surface area (Å²) in [7, 11) is -3.62. The Morgan fingerprint density at radius 2 is 1.67 bits per heavy atom. The summed E-state index contributed by atoms with van der Waals surface area (Å²) in [6.45, 7) is 10.7. The Kier molecular flexibility index (Phi) is 6.92. The van der Waals surface area contributed by atoms with E-state index in [1.165, 1.54) is 4.31 Å². The Morgan fingerprint density at radius 3 is 2.20 bits per heavy atom. The van der Waals surface area contributed by atoms with E-state index in [9.17, 15) is 17.2 Å². The number of aryl methyl sites for hydroxylation is 2. The number of piperidine rings is 1. The zero-order chi connectivity index (χ0) is 22.3. The number of hydrogen-bond acceptors (Lipinski definition) is 4. The third kappa shape index (κ3) is 4.56. The molecule has 2 heterocycles. The highest BCUT2D eigenvalue weighted by Gasteiger charge is 2.48. The van der Waals surface area contributed by atoms with Gasteiger partial charge in [0.25, 0.3) is 5.92 Å². The van der Waals surface area contributed by atoms with E-state index in [0.29, 0.717) is 44.0 Å². The molecule has 0 amide bonds. The molecule has 0 spiro atoms. The number of rotatable bonds is 6. The normalized spacial score (nSPS) is 23.9. The molecule has 0 unspecified atom stereocenters. The molecule has 2 fully saturated rings. The largest absolute Gasteiger partial charge is 0.380 e. The number of ether oxygens (including phenoxy) is 1. The number of sulfonamides is 1. The molecule has 0 N–H and O–H groups in total. The van der Waals surface area contributed by atoms with E-state index in [0.717, 1.165) is 22.3 Å². The van der Waals surface area contributed by atoms with Crippen LogP contribution in [0.3, 0.4) is 0 Å². The number of halogens is 2. The predicted octanol–water partition coefficient (Wildman–Crippen LogP) is 3.82. The molecule has 8 heteroatoms. The van der Waals surface area contributed by atoms with Crippen LogP contribution in [0.4, 0.5) is 8.78 Å². The molecule has 0 radical (unpaired) electrons. The third-order valence-electron chi connectivity index (χ3n) is 6.72. The zero-order valence-corrected chi connectivity index (χ0v) is 19.5. The molecule has 1 aromatic rings. The first-order valence-electron chi connectivity index (χ1n) is 10.8. The molecular weight excluding hydrogens is 410 g/mol. The summed E-state index contributed by atoms with van der Waals surface area (Å²) in [6.07, 6.45) is 0.925. The van der Waals surface area contributed by atoms with Gasteiger partial charge in [-0.05, 0) is 69.7 Å². The second-order valence-electron chi connectivity index (χ2n) is 8.77. The number of hydrogen-bond donors (Lipinski definition) is 0. The molecule has 1 atom stereocenters. The van der Waals surface area contributed by atoms with Crippen LogP contribution in [-0.4, -0.2) is 68.5 Å². The number of nitrogens with zero attached hydrogens (tertiary/aromatic N) is 2. The van der Waals surface area contributed by atoms with E-state index in [1.54, 1.807) is 0 Å². The first kappa shape index (κ1) is 23.6. The monoisotopic (exact) mass is 444 g/mol. The first-order chi connectivity index (χ1) is 14.0. The van der Waals surface area contributed by atoms with Crippen LogP contribution in [0.5, 0.6) is 0 Å². The lowest BCUT2D eigenvalue weighted by Crippen LogP contribution is -2.49. The van der Waals surface area contributed by atoms with E-state index in [1.807, 2.05) is 45.6 Å². The first-order valence-corrected chi connectivity index (χ1v) is 12.2. The molecular formula is C22H34F2N2O3S. The lowest BCUT2D eigenvalue weighted by atomic mass is 10.0. The fourth-order valence-electron chi connectivity index (χ4n) is 4.87. The van der Waals surface area contributed by atoms with E-state index < -0.39 is 15.9 Å². The van der Waals surface area contributed by atoms with Crippen molar-refractivity contribution in [3.63, 3.8) is 0 Å². The van der Waals surface area contributed by atoms with Gasteiger partial charge in [0.1, 0.15) is 0 Å². The van der Waals surface area contributed by atoms with Gasteiger partial charge in [-0.1, -0.05) is 6.07 Å². The van der Waals surface area contributed by atoms with E-state index in [-0.39, 0.29) is 25.0 Å². The van der Waals surface area contributed by atoms with Gasteiger partial charge in [0, 0.05) is 38.2 Å². The Hall–Kier alpha value is -1.09. The summed E-state index contributed by atoms with van der Waals surface area (Å²) < 4.78 is 62.0. The fraction of sp³-hybridized carbons (Fsp3) is 0.727. The zero-order valence-electron chi connectivity index (χ0n) is 18.7. The quantitative estimate of drug-likeness (QED) is 0.669. The van der Waals surface area contributed by atoms with Crippen molar-refractivity contribution in [3.05, 3.63) is 28.3 Å². The Bertz CT molecular complexity index is 855. The van der Waals surface area contributed by atoms with Gasteiger partial charge in [0.05, 0.1) is 18.0 Å². The van der Waals surface area contributed by atoms with Crippen LogP contribution in [0, 0.1) is 27.7 Å². The lowest BCUT2D eigenvalue weighted by molar-refractivity contribution is 0.00455. The van der Waals surface area contributed by atoms with Crippen molar-refractivity contribution in [2.24, 2.45) is 0 Å². The smallest absolute Gasteiger partial charge is 0.262 e. The second kappa shape index (κ2) is 8.81. The van der Waals surface area contributed by atoms with Gasteiger partial charge >= 0.3 is 0 Å². The van der Waals surface area contributed by atoms with Crippen LogP contribution in [0.2, 0.25) is 0 Å². The minimum Gasteiger partial charge on any atom is -0.380 e. The minimum absolute atomic E-state index is 0.0447. The molecule has 5 nitrogen and oxygen atoms in total. The second-order valence-corrected chi connectivity index (χ2v) is 10.6. The van der Waals surface area contributed by atoms with Gasteiger partial charge in [-0.3, -0.25) is 4.90 Å². The van der Waals surface area contributed by atoms with Gasteiger partial charge in [-0.25, -0.2) is 17.2 Å². The summed E-state index contributed by atoms with van der Waals surface area (Å²) >= 11 is 0. The van der Waals surface area contributed by atoms with Crippen LogP contribution in [0.1, 0.15) is 48.4 Å². The van der Waals surface area contributed by atoms with Crippen molar-refractivity contribution in [2.75, 3.05) is 32.8 Å². The van der Waals surface area contributed by atoms with Gasteiger partial charge in [0.15, 0.2) is 0 Å².